The Hall–Kier alpha value is -2.67. The maximum atomic E-state index is 5.40. The molecule has 138 valence electrons. The maximum Gasteiger partial charge on any atom is 0.172 e. The van der Waals surface area contributed by atoms with Gasteiger partial charge in [-0.2, -0.15) is 0 Å². The van der Waals surface area contributed by atoms with E-state index in [1.807, 2.05) is 28.9 Å². The molecule has 0 bridgehead atoms. The molecule has 0 radical (unpaired) electrons. The quantitative estimate of drug-likeness (QED) is 0.534. The Bertz CT molecular complexity index is 1140. The lowest BCUT2D eigenvalue weighted by Crippen LogP contribution is -2.08. The van der Waals surface area contributed by atoms with Gasteiger partial charge in [0.25, 0.3) is 0 Å². The second-order valence-corrected chi connectivity index (χ2v) is 8.18. The van der Waals surface area contributed by atoms with Gasteiger partial charge in [0, 0.05) is 16.5 Å². The first-order valence-corrected chi connectivity index (χ1v) is 9.87. The standard InChI is InChI=1S/C20H20N4O2S/c1-11-4-5-15-16(6-11)27-20-17(15)19-23-22-18(24(19)10-21-20)12-7-13(25-2)9-14(8-12)26-3/h7-11H,4-6H2,1-3H3. The fourth-order valence-corrected chi connectivity index (χ4v) is 5.22. The SMILES string of the molecule is COc1cc(OC)cc(-c2nnc3c4c5c(sc4ncn23)CC(C)CC5)c1. The Balaban J connectivity index is 1.73. The van der Waals surface area contributed by atoms with Crippen LogP contribution in [0.1, 0.15) is 23.8 Å². The van der Waals surface area contributed by atoms with Gasteiger partial charge in [-0.25, -0.2) is 4.98 Å². The molecule has 27 heavy (non-hydrogen) atoms. The summed E-state index contributed by atoms with van der Waals surface area (Å²) in [5.74, 6) is 2.91. The molecule has 3 heterocycles. The predicted octanol–water partition coefficient (Wildman–Crippen LogP) is 4.15. The van der Waals surface area contributed by atoms with E-state index in [1.54, 1.807) is 25.6 Å². The average Bonchev–Trinajstić information content (AvgIpc) is 3.27. The summed E-state index contributed by atoms with van der Waals surface area (Å²) < 4.78 is 12.8. The van der Waals surface area contributed by atoms with E-state index in [0.29, 0.717) is 0 Å². The van der Waals surface area contributed by atoms with Gasteiger partial charge in [-0.1, -0.05) is 6.92 Å². The van der Waals surface area contributed by atoms with E-state index < -0.39 is 0 Å². The van der Waals surface area contributed by atoms with Gasteiger partial charge in [-0.15, -0.1) is 21.5 Å². The Morgan fingerprint density at radius 2 is 1.89 bits per heavy atom. The zero-order valence-electron chi connectivity index (χ0n) is 15.5. The minimum atomic E-state index is 0.719. The van der Waals surface area contributed by atoms with Crippen LogP contribution in [-0.4, -0.2) is 33.8 Å². The smallest absolute Gasteiger partial charge is 0.172 e. The van der Waals surface area contributed by atoms with Gasteiger partial charge in [-0.05, 0) is 42.9 Å². The van der Waals surface area contributed by atoms with Crippen LogP contribution >= 0.6 is 11.3 Å². The fourth-order valence-electron chi connectivity index (χ4n) is 3.87. The lowest BCUT2D eigenvalue weighted by molar-refractivity contribution is 0.394. The number of ether oxygens (including phenoxy) is 2. The molecule has 0 N–H and O–H groups in total. The highest BCUT2D eigenvalue weighted by Crippen LogP contribution is 2.39. The van der Waals surface area contributed by atoms with E-state index in [-0.39, 0.29) is 0 Å². The van der Waals surface area contributed by atoms with E-state index >= 15 is 0 Å². The van der Waals surface area contributed by atoms with Crippen molar-refractivity contribution in [3.63, 3.8) is 0 Å². The van der Waals surface area contributed by atoms with E-state index in [1.165, 1.54) is 16.9 Å². The third-order valence-electron chi connectivity index (χ3n) is 5.31. The second kappa shape index (κ2) is 6.20. The molecular formula is C20H20N4O2S. The van der Waals surface area contributed by atoms with Crippen molar-refractivity contribution in [3.05, 3.63) is 35.0 Å². The fraction of sp³-hybridized carbons (Fsp3) is 0.350. The number of methoxy groups -OCH3 is 2. The van der Waals surface area contributed by atoms with Crippen LogP contribution in [0.3, 0.4) is 0 Å². The summed E-state index contributed by atoms with van der Waals surface area (Å²) in [4.78, 5) is 7.24. The highest BCUT2D eigenvalue weighted by atomic mass is 32.1. The molecule has 4 aromatic rings. The highest BCUT2D eigenvalue weighted by Gasteiger charge is 2.24. The van der Waals surface area contributed by atoms with Gasteiger partial charge in [0.1, 0.15) is 22.7 Å². The number of fused-ring (bicyclic) bond motifs is 5. The van der Waals surface area contributed by atoms with Gasteiger partial charge in [0.2, 0.25) is 0 Å². The largest absolute Gasteiger partial charge is 0.497 e. The molecule has 1 aliphatic carbocycles. The predicted molar refractivity (Wildman–Crippen MR) is 106 cm³/mol. The third kappa shape index (κ3) is 2.56. The molecule has 0 aliphatic heterocycles. The van der Waals surface area contributed by atoms with Gasteiger partial charge < -0.3 is 9.47 Å². The summed E-state index contributed by atoms with van der Waals surface area (Å²) >= 11 is 1.80. The Morgan fingerprint density at radius 3 is 2.63 bits per heavy atom. The monoisotopic (exact) mass is 380 g/mol. The lowest BCUT2D eigenvalue weighted by atomic mass is 9.89. The number of hydrogen-bond donors (Lipinski definition) is 0. The van der Waals surface area contributed by atoms with Crippen molar-refractivity contribution in [2.45, 2.75) is 26.2 Å². The molecule has 0 fully saturated rings. The van der Waals surface area contributed by atoms with Gasteiger partial charge in [0.05, 0.1) is 19.6 Å². The van der Waals surface area contributed by atoms with Crippen molar-refractivity contribution in [1.82, 2.24) is 19.6 Å². The molecule has 0 spiro atoms. The van der Waals surface area contributed by atoms with Crippen molar-refractivity contribution in [1.29, 1.82) is 0 Å². The normalized spacial score (nSPS) is 16.6. The Morgan fingerprint density at radius 1 is 1.11 bits per heavy atom. The summed E-state index contributed by atoms with van der Waals surface area (Å²) in [6, 6.07) is 5.72. The molecule has 7 heteroatoms. The Labute approximate surface area is 160 Å². The van der Waals surface area contributed by atoms with E-state index in [9.17, 15) is 0 Å². The number of nitrogens with zero attached hydrogens (tertiary/aromatic N) is 4. The van der Waals surface area contributed by atoms with Crippen LogP contribution in [0.5, 0.6) is 11.5 Å². The summed E-state index contributed by atoms with van der Waals surface area (Å²) in [5, 5.41) is 10.2. The summed E-state index contributed by atoms with van der Waals surface area (Å²) in [7, 11) is 3.29. The molecule has 6 nitrogen and oxygen atoms in total. The van der Waals surface area contributed by atoms with Crippen LogP contribution in [0.15, 0.2) is 24.5 Å². The minimum absolute atomic E-state index is 0.719. The van der Waals surface area contributed by atoms with E-state index in [2.05, 4.69) is 17.1 Å². The molecule has 3 aromatic heterocycles. The number of aryl methyl sites for hydroxylation is 1. The van der Waals surface area contributed by atoms with Crippen LogP contribution in [0.25, 0.3) is 27.3 Å². The molecule has 5 rings (SSSR count). The topological polar surface area (TPSA) is 61.5 Å². The zero-order valence-corrected chi connectivity index (χ0v) is 16.3. The average molecular weight is 380 g/mol. The molecule has 1 aromatic carbocycles. The molecular weight excluding hydrogens is 360 g/mol. The first-order valence-electron chi connectivity index (χ1n) is 9.05. The third-order valence-corrected chi connectivity index (χ3v) is 6.47. The zero-order chi connectivity index (χ0) is 18.5. The minimum Gasteiger partial charge on any atom is -0.497 e. The molecule has 0 saturated heterocycles. The number of hydrogen-bond acceptors (Lipinski definition) is 6. The van der Waals surface area contributed by atoms with Crippen molar-refractivity contribution >= 4 is 27.2 Å². The van der Waals surface area contributed by atoms with Crippen molar-refractivity contribution < 1.29 is 9.47 Å². The van der Waals surface area contributed by atoms with E-state index in [0.717, 1.165) is 57.5 Å². The number of rotatable bonds is 3. The van der Waals surface area contributed by atoms with Crippen molar-refractivity contribution in [2.75, 3.05) is 14.2 Å². The summed E-state index contributed by atoms with van der Waals surface area (Å²) in [6.45, 7) is 2.32. The second-order valence-electron chi connectivity index (χ2n) is 7.10. The van der Waals surface area contributed by atoms with Crippen LogP contribution in [0, 0.1) is 5.92 Å². The molecule has 0 amide bonds. The molecule has 1 atom stereocenters. The van der Waals surface area contributed by atoms with Gasteiger partial charge in [-0.3, -0.25) is 4.40 Å². The van der Waals surface area contributed by atoms with E-state index in [4.69, 9.17) is 14.5 Å². The molecule has 1 unspecified atom stereocenters. The lowest BCUT2D eigenvalue weighted by Gasteiger charge is -2.17. The van der Waals surface area contributed by atoms with Gasteiger partial charge >= 0.3 is 0 Å². The number of benzene rings is 1. The maximum absolute atomic E-state index is 5.40. The van der Waals surface area contributed by atoms with Crippen LogP contribution < -0.4 is 9.47 Å². The summed E-state index contributed by atoms with van der Waals surface area (Å²) in [5.41, 5.74) is 3.18. The summed E-state index contributed by atoms with van der Waals surface area (Å²) in [6.07, 6.45) is 5.27. The van der Waals surface area contributed by atoms with Crippen molar-refractivity contribution in [2.24, 2.45) is 5.92 Å². The van der Waals surface area contributed by atoms with Crippen LogP contribution in [-0.2, 0) is 12.8 Å². The number of thiophene rings is 1. The van der Waals surface area contributed by atoms with Crippen LogP contribution in [0.2, 0.25) is 0 Å². The first-order chi connectivity index (χ1) is 13.2. The van der Waals surface area contributed by atoms with Gasteiger partial charge in [0.15, 0.2) is 11.5 Å². The first kappa shape index (κ1) is 16.5. The Kier molecular flexibility index (Phi) is 3.79. The highest BCUT2D eigenvalue weighted by molar-refractivity contribution is 7.19. The number of aromatic nitrogens is 4. The van der Waals surface area contributed by atoms with Crippen molar-refractivity contribution in [3.8, 4) is 22.9 Å². The van der Waals surface area contributed by atoms with Crippen LogP contribution in [0.4, 0.5) is 0 Å². The molecule has 0 saturated carbocycles. The molecule has 1 aliphatic rings.